The fraction of sp³-hybridized carbons (Fsp3) is 0.333. The maximum atomic E-state index is 11.5. The number of rotatable bonds is 5. The van der Waals surface area contributed by atoms with Crippen LogP contribution in [0.1, 0.15) is 25.0 Å². The molecule has 0 aromatic heterocycles. The van der Waals surface area contributed by atoms with E-state index < -0.39 is 11.1 Å². The summed E-state index contributed by atoms with van der Waals surface area (Å²) in [6.45, 7) is 3.60. The summed E-state index contributed by atoms with van der Waals surface area (Å²) in [6.07, 6.45) is 0. The van der Waals surface area contributed by atoms with Gasteiger partial charge in [-0.1, -0.05) is 24.3 Å². The van der Waals surface area contributed by atoms with Crippen LogP contribution in [0.25, 0.3) is 0 Å². The van der Waals surface area contributed by atoms with Gasteiger partial charge in [0, 0.05) is 5.54 Å². The number of nitrogens with two attached hydrogens (primary N) is 1. The van der Waals surface area contributed by atoms with E-state index in [9.17, 15) is 5.11 Å². The molecule has 0 heterocycles. The number of hydrogen-bond acceptors (Lipinski definition) is 4. The summed E-state index contributed by atoms with van der Waals surface area (Å²) in [4.78, 5) is 0. The molecule has 0 unspecified atom stereocenters. The van der Waals surface area contributed by atoms with Gasteiger partial charge in [0.15, 0.2) is 0 Å². The Labute approximate surface area is 143 Å². The van der Waals surface area contributed by atoms with Gasteiger partial charge in [0.05, 0.1) is 14.2 Å². The van der Waals surface area contributed by atoms with Gasteiger partial charge in [0.2, 0.25) is 0 Å². The van der Waals surface area contributed by atoms with E-state index in [1.807, 2.05) is 36.4 Å². The summed E-state index contributed by atoms with van der Waals surface area (Å²) in [7, 11) is 3.19. The van der Waals surface area contributed by atoms with E-state index in [4.69, 9.17) is 15.2 Å². The van der Waals surface area contributed by atoms with Crippen molar-refractivity contribution in [2.45, 2.75) is 25.0 Å². The SMILES string of the molecule is COc1cccc(C(O)(c2cccc(OC)c2)C(C)(C)N)c1.Cl. The molecule has 0 bridgehead atoms. The molecule has 0 aliphatic rings. The van der Waals surface area contributed by atoms with Gasteiger partial charge in [-0.2, -0.15) is 0 Å². The average molecular weight is 338 g/mol. The van der Waals surface area contributed by atoms with Crippen LogP contribution >= 0.6 is 12.4 Å². The summed E-state index contributed by atoms with van der Waals surface area (Å²) in [5, 5.41) is 11.5. The van der Waals surface area contributed by atoms with Crippen molar-refractivity contribution >= 4 is 12.4 Å². The number of aliphatic hydroxyl groups is 1. The molecule has 0 aliphatic carbocycles. The van der Waals surface area contributed by atoms with Crippen LogP contribution in [0.3, 0.4) is 0 Å². The third kappa shape index (κ3) is 3.61. The molecule has 0 saturated heterocycles. The molecule has 0 radical (unpaired) electrons. The number of ether oxygens (including phenoxy) is 2. The van der Waals surface area contributed by atoms with Crippen molar-refractivity contribution in [3.05, 3.63) is 59.7 Å². The molecule has 0 saturated carbocycles. The third-order valence-corrected chi connectivity index (χ3v) is 3.91. The van der Waals surface area contributed by atoms with E-state index in [0.717, 1.165) is 0 Å². The molecule has 23 heavy (non-hydrogen) atoms. The molecule has 126 valence electrons. The maximum Gasteiger partial charge on any atom is 0.132 e. The van der Waals surface area contributed by atoms with Gasteiger partial charge in [-0.25, -0.2) is 0 Å². The number of halogens is 1. The summed E-state index contributed by atoms with van der Waals surface area (Å²) in [5.74, 6) is 1.34. The Hall–Kier alpha value is -1.75. The van der Waals surface area contributed by atoms with Crippen LogP contribution in [0.4, 0.5) is 0 Å². The van der Waals surface area contributed by atoms with E-state index >= 15 is 0 Å². The zero-order chi connectivity index (χ0) is 16.4. The number of methoxy groups -OCH3 is 2. The molecule has 2 rings (SSSR count). The molecule has 4 nitrogen and oxygen atoms in total. The lowest BCUT2D eigenvalue weighted by molar-refractivity contribution is 0.0129. The Morgan fingerprint density at radius 3 is 1.57 bits per heavy atom. The first-order chi connectivity index (χ1) is 10.3. The number of hydrogen-bond donors (Lipinski definition) is 2. The highest BCUT2D eigenvalue weighted by atomic mass is 35.5. The summed E-state index contributed by atoms with van der Waals surface area (Å²) >= 11 is 0. The molecule has 2 aromatic carbocycles. The molecule has 0 atom stereocenters. The van der Waals surface area contributed by atoms with Gasteiger partial charge in [-0.15, -0.1) is 12.4 Å². The first kappa shape index (κ1) is 19.3. The lowest BCUT2D eigenvalue weighted by Gasteiger charge is -2.41. The first-order valence-corrected chi connectivity index (χ1v) is 7.13. The Morgan fingerprint density at radius 1 is 0.870 bits per heavy atom. The van der Waals surface area contributed by atoms with Crippen LogP contribution in [0.5, 0.6) is 11.5 Å². The van der Waals surface area contributed by atoms with E-state index in [2.05, 4.69) is 0 Å². The highest BCUT2D eigenvalue weighted by molar-refractivity contribution is 5.85. The Morgan fingerprint density at radius 2 is 1.26 bits per heavy atom. The van der Waals surface area contributed by atoms with Gasteiger partial charge in [0.1, 0.15) is 17.1 Å². The highest BCUT2D eigenvalue weighted by Gasteiger charge is 2.44. The van der Waals surface area contributed by atoms with Crippen molar-refractivity contribution in [1.29, 1.82) is 0 Å². The predicted octanol–water partition coefficient (Wildman–Crippen LogP) is 3.10. The van der Waals surface area contributed by atoms with Crippen molar-refractivity contribution in [3.8, 4) is 11.5 Å². The molecule has 2 aromatic rings. The van der Waals surface area contributed by atoms with Crippen LogP contribution in [0, 0.1) is 0 Å². The second kappa shape index (κ2) is 7.21. The largest absolute Gasteiger partial charge is 0.497 e. The lowest BCUT2D eigenvalue weighted by Crippen LogP contribution is -2.54. The minimum absolute atomic E-state index is 0. The Kier molecular flexibility index (Phi) is 6.05. The minimum atomic E-state index is -1.38. The number of benzene rings is 2. The molecule has 3 N–H and O–H groups in total. The van der Waals surface area contributed by atoms with Crippen molar-refractivity contribution in [1.82, 2.24) is 0 Å². The van der Waals surface area contributed by atoms with Gasteiger partial charge >= 0.3 is 0 Å². The van der Waals surface area contributed by atoms with Crippen molar-refractivity contribution < 1.29 is 14.6 Å². The second-order valence-electron chi connectivity index (χ2n) is 5.90. The Balaban J connectivity index is 0.00000264. The van der Waals surface area contributed by atoms with E-state index in [-0.39, 0.29) is 12.4 Å². The third-order valence-electron chi connectivity index (χ3n) is 3.91. The fourth-order valence-electron chi connectivity index (χ4n) is 2.61. The molecule has 0 spiro atoms. The first-order valence-electron chi connectivity index (χ1n) is 7.13. The van der Waals surface area contributed by atoms with Crippen molar-refractivity contribution in [2.75, 3.05) is 14.2 Å². The second-order valence-corrected chi connectivity index (χ2v) is 5.90. The summed E-state index contributed by atoms with van der Waals surface area (Å²) in [5.41, 5.74) is 5.39. The summed E-state index contributed by atoms with van der Waals surface area (Å²) in [6, 6.07) is 14.6. The van der Waals surface area contributed by atoms with Gasteiger partial charge in [-0.3, -0.25) is 0 Å². The van der Waals surface area contributed by atoms with E-state index in [1.54, 1.807) is 40.2 Å². The zero-order valence-corrected chi connectivity index (χ0v) is 14.7. The highest BCUT2D eigenvalue weighted by Crippen LogP contribution is 2.40. The average Bonchev–Trinajstić information content (AvgIpc) is 2.53. The van der Waals surface area contributed by atoms with Crippen LogP contribution in [0.15, 0.2) is 48.5 Å². The van der Waals surface area contributed by atoms with Gasteiger partial charge in [-0.05, 0) is 49.2 Å². The molecule has 0 amide bonds. The molecule has 0 aliphatic heterocycles. The monoisotopic (exact) mass is 337 g/mol. The zero-order valence-electron chi connectivity index (χ0n) is 13.9. The van der Waals surface area contributed by atoms with Crippen LogP contribution < -0.4 is 15.2 Å². The maximum absolute atomic E-state index is 11.5. The molecular formula is C18H24ClNO3. The van der Waals surface area contributed by atoms with Crippen molar-refractivity contribution in [2.24, 2.45) is 5.73 Å². The Bertz CT molecular complexity index is 605. The van der Waals surface area contributed by atoms with Crippen LogP contribution in [0.2, 0.25) is 0 Å². The summed E-state index contributed by atoms with van der Waals surface area (Å²) < 4.78 is 10.5. The minimum Gasteiger partial charge on any atom is -0.497 e. The van der Waals surface area contributed by atoms with Crippen LogP contribution in [-0.2, 0) is 5.60 Å². The standard InChI is InChI=1S/C18H23NO3.ClH/c1-17(2,19)18(20,13-7-5-9-15(11-13)21-3)14-8-6-10-16(12-14)22-4;/h5-12,20H,19H2,1-4H3;1H. The smallest absolute Gasteiger partial charge is 0.132 e. The molecule has 5 heteroatoms. The molecule has 0 fully saturated rings. The topological polar surface area (TPSA) is 64.7 Å². The molecular weight excluding hydrogens is 314 g/mol. The van der Waals surface area contributed by atoms with Gasteiger partial charge in [0.25, 0.3) is 0 Å². The van der Waals surface area contributed by atoms with E-state index in [0.29, 0.717) is 22.6 Å². The normalized spacial score (nSPS) is 11.6. The lowest BCUT2D eigenvalue weighted by atomic mass is 9.73. The van der Waals surface area contributed by atoms with E-state index in [1.165, 1.54) is 0 Å². The fourth-order valence-corrected chi connectivity index (χ4v) is 2.61. The van der Waals surface area contributed by atoms with Gasteiger partial charge < -0.3 is 20.3 Å². The van der Waals surface area contributed by atoms with Crippen molar-refractivity contribution in [3.63, 3.8) is 0 Å². The predicted molar refractivity (Wildman–Crippen MR) is 94.5 cm³/mol. The quantitative estimate of drug-likeness (QED) is 0.880. The van der Waals surface area contributed by atoms with Crippen LogP contribution in [-0.4, -0.2) is 24.9 Å².